The number of rotatable bonds is 5. The zero-order valence-corrected chi connectivity index (χ0v) is 11.5. The Morgan fingerprint density at radius 3 is 2.88 bits per heavy atom. The molecule has 0 unspecified atom stereocenters. The van der Waals surface area contributed by atoms with Crippen molar-refractivity contribution in [1.82, 2.24) is 9.88 Å². The van der Waals surface area contributed by atoms with Crippen LogP contribution in [0.1, 0.15) is 20.2 Å². The first kappa shape index (κ1) is 12.4. The van der Waals surface area contributed by atoms with Crippen LogP contribution in [0.5, 0.6) is 0 Å². The number of aromatic nitrogens is 1. The summed E-state index contributed by atoms with van der Waals surface area (Å²) in [5.74, 6) is 0.181. The molecule has 2 rings (SSSR count). The summed E-state index contributed by atoms with van der Waals surface area (Å²) in [6.45, 7) is 3.18. The standard InChI is InChI=1S/C12H14N2OS2/c1-9-3-4-12(17-9)11(15)6-14(2)5-10-7-16-8-13-10/h3-4,7-8H,5-6H2,1-2H3. The summed E-state index contributed by atoms with van der Waals surface area (Å²) in [6.07, 6.45) is 0. The highest BCUT2D eigenvalue weighted by atomic mass is 32.1. The van der Waals surface area contributed by atoms with Gasteiger partial charge >= 0.3 is 0 Å². The Balaban J connectivity index is 1.90. The number of likely N-dealkylation sites (N-methyl/N-ethyl adjacent to an activating group) is 1. The highest BCUT2D eigenvalue weighted by Crippen LogP contribution is 2.16. The predicted octanol–water partition coefficient (Wildman–Crippen LogP) is 2.83. The maximum atomic E-state index is 11.9. The van der Waals surface area contributed by atoms with Gasteiger partial charge in [-0.2, -0.15) is 0 Å². The third-order valence-corrected chi connectivity index (χ3v) is 4.02. The van der Waals surface area contributed by atoms with E-state index in [0.717, 1.165) is 17.1 Å². The molecule has 2 heterocycles. The van der Waals surface area contributed by atoms with E-state index in [4.69, 9.17) is 0 Å². The van der Waals surface area contributed by atoms with Crippen LogP contribution in [-0.2, 0) is 6.54 Å². The first-order valence-corrected chi connectivity index (χ1v) is 7.06. The Morgan fingerprint density at radius 1 is 1.47 bits per heavy atom. The van der Waals surface area contributed by atoms with Crippen LogP contribution in [0.2, 0.25) is 0 Å². The molecule has 0 bridgehead atoms. The van der Waals surface area contributed by atoms with Crippen molar-refractivity contribution in [3.8, 4) is 0 Å². The van der Waals surface area contributed by atoms with E-state index in [0.29, 0.717) is 6.54 Å². The summed E-state index contributed by atoms with van der Waals surface area (Å²) in [5, 5.41) is 2.01. The third-order valence-electron chi connectivity index (χ3n) is 2.34. The molecule has 0 saturated heterocycles. The highest BCUT2D eigenvalue weighted by Gasteiger charge is 2.11. The maximum absolute atomic E-state index is 11.9. The molecule has 0 fully saturated rings. The van der Waals surface area contributed by atoms with Gasteiger partial charge in [0.2, 0.25) is 0 Å². The molecule has 0 atom stereocenters. The van der Waals surface area contributed by atoms with Gasteiger partial charge in [0.25, 0.3) is 0 Å². The number of thiophene rings is 1. The number of aryl methyl sites for hydroxylation is 1. The van der Waals surface area contributed by atoms with Crippen molar-refractivity contribution in [3.63, 3.8) is 0 Å². The van der Waals surface area contributed by atoms with E-state index in [-0.39, 0.29) is 5.78 Å². The fraction of sp³-hybridized carbons (Fsp3) is 0.333. The van der Waals surface area contributed by atoms with Crippen LogP contribution in [0, 0.1) is 6.92 Å². The topological polar surface area (TPSA) is 33.2 Å². The van der Waals surface area contributed by atoms with Gasteiger partial charge in [0.15, 0.2) is 5.78 Å². The molecule has 0 aromatic carbocycles. The van der Waals surface area contributed by atoms with Crippen molar-refractivity contribution in [2.24, 2.45) is 0 Å². The average Bonchev–Trinajstić information content (AvgIpc) is 2.89. The van der Waals surface area contributed by atoms with Crippen molar-refractivity contribution in [3.05, 3.63) is 38.5 Å². The number of thiazole rings is 1. The summed E-state index contributed by atoms with van der Waals surface area (Å²) in [4.78, 5) is 20.2. The molecule has 0 aliphatic carbocycles. The second kappa shape index (κ2) is 5.53. The Bertz CT molecular complexity index is 490. The van der Waals surface area contributed by atoms with E-state index in [1.807, 2.05) is 41.9 Å². The molecule has 0 N–H and O–H groups in total. The van der Waals surface area contributed by atoms with Crippen LogP contribution in [-0.4, -0.2) is 29.3 Å². The van der Waals surface area contributed by atoms with E-state index in [2.05, 4.69) is 4.98 Å². The minimum atomic E-state index is 0.181. The quantitative estimate of drug-likeness (QED) is 0.780. The highest BCUT2D eigenvalue weighted by molar-refractivity contribution is 7.14. The van der Waals surface area contributed by atoms with Crippen LogP contribution in [0.15, 0.2) is 23.0 Å². The summed E-state index contributed by atoms with van der Waals surface area (Å²) in [7, 11) is 1.94. The van der Waals surface area contributed by atoms with Crippen molar-refractivity contribution >= 4 is 28.5 Å². The summed E-state index contributed by atoms with van der Waals surface area (Å²) < 4.78 is 0. The number of ketones is 1. The fourth-order valence-electron chi connectivity index (χ4n) is 1.56. The maximum Gasteiger partial charge on any atom is 0.186 e. The number of Topliss-reactive ketones (excluding diaryl/α,β-unsaturated/α-hetero) is 1. The fourth-order valence-corrected chi connectivity index (χ4v) is 2.90. The Kier molecular flexibility index (Phi) is 4.04. The number of hydrogen-bond donors (Lipinski definition) is 0. The molecule has 90 valence electrons. The lowest BCUT2D eigenvalue weighted by Gasteiger charge is -2.13. The van der Waals surface area contributed by atoms with Crippen LogP contribution in [0.4, 0.5) is 0 Å². The predicted molar refractivity (Wildman–Crippen MR) is 71.8 cm³/mol. The molecular weight excluding hydrogens is 252 g/mol. The van der Waals surface area contributed by atoms with E-state index >= 15 is 0 Å². The number of nitrogens with zero attached hydrogens (tertiary/aromatic N) is 2. The average molecular weight is 266 g/mol. The molecule has 0 amide bonds. The molecule has 0 aliphatic rings. The molecule has 2 aromatic rings. The third kappa shape index (κ3) is 3.46. The second-order valence-electron chi connectivity index (χ2n) is 3.99. The van der Waals surface area contributed by atoms with Gasteiger partial charge < -0.3 is 0 Å². The van der Waals surface area contributed by atoms with Gasteiger partial charge in [-0.05, 0) is 26.1 Å². The van der Waals surface area contributed by atoms with Crippen molar-refractivity contribution in [1.29, 1.82) is 0 Å². The van der Waals surface area contributed by atoms with Gasteiger partial charge in [0, 0.05) is 16.8 Å². The van der Waals surface area contributed by atoms with Crippen molar-refractivity contribution in [2.75, 3.05) is 13.6 Å². The smallest absolute Gasteiger partial charge is 0.186 e. The van der Waals surface area contributed by atoms with E-state index in [1.165, 1.54) is 4.88 Å². The molecule has 5 heteroatoms. The molecule has 2 aromatic heterocycles. The Labute approximate surface area is 109 Å². The SMILES string of the molecule is Cc1ccc(C(=O)CN(C)Cc2cscn2)s1. The minimum Gasteiger partial charge on any atom is -0.293 e. The molecule has 0 radical (unpaired) electrons. The molecule has 3 nitrogen and oxygen atoms in total. The molecular formula is C12H14N2OS2. The van der Waals surface area contributed by atoms with E-state index in [9.17, 15) is 4.79 Å². The first-order valence-electron chi connectivity index (χ1n) is 5.30. The van der Waals surface area contributed by atoms with Crippen LogP contribution < -0.4 is 0 Å². The van der Waals surface area contributed by atoms with Gasteiger partial charge in [0.05, 0.1) is 22.6 Å². The first-order chi connectivity index (χ1) is 8.15. The van der Waals surface area contributed by atoms with Gasteiger partial charge in [-0.3, -0.25) is 9.69 Å². The zero-order valence-electron chi connectivity index (χ0n) is 9.84. The van der Waals surface area contributed by atoms with E-state index < -0.39 is 0 Å². The van der Waals surface area contributed by atoms with Gasteiger partial charge in [-0.25, -0.2) is 4.98 Å². The lowest BCUT2D eigenvalue weighted by molar-refractivity contribution is 0.0946. The largest absolute Gasteiger partial charge is 0.293 e. The normalized spacial score (nSPS) is 11.0. The van der Waals surface area contributed by atoms with Gasteiger partial charge in [-0.15, -0.1) is 22.7 Å². The Hall–Kier alpha value is -1.04. The summed E-state index contributed by atoms with van der Waals surface area (Å²) in [6, 6.07) is 3.89. The van der Waals surface area contributed by atoms with Crippen LogP contribution >= 0.6 is 22.7 Å². The van der Waals surface area contributed by atoms with Crippen molar-refractivity contribution < 1.29 is 4.79 Å². The Morgan fingerprint density at radius 2 is 2.29 bits per heavy atom. The lowest BCUT2D eigenvalue weighted by Crippen LogP contribution is -2.25. The molecule has 0 saturated carbocycles. The second-order valence-corrected chi connectivity index (χ2v) is 5.99. The molecule has 0 aliphatic heterocycles. The van der Waals surface area contributed by atoms with E-state index in [1.54, 1.807) is 22.7 Å². The summed E-state index contributed by atoms with van der Waals surface area (Å²) >= 11 is 3.14. The monoisotopic (exact) mass is 266 g/mol. The minimum absolute atomic E-state index is 0.181. The lowest BCUT2D eigenvalue weighted by atomic mass is 10.3. The van der Waals surface area contributed by atoms with Crippen LogP contribution in [0.25, 0.3) is 0 Å². The van der Waals surface area contributed by atoms with Gasteiger partial charge in [0.1, 0.15) is 0 Å². The van der Waals surface area contributed by atoms with Crippen molar-refractivity contribution in [2.45, 2.75) is 13.5 Å². The zero-order chi connectivity index (χ0) is 12.3. The molecule has 17 heavy (non-hydrogen) atoms. The number of hydrogen-bond acceptors (Lipinski definition) is 5. The number of carbonyl (C=O) groups excluding carboxylic acids is 1. The van der Waals surface area contributed by atoms with Crippen LogP contribution in [0.3, 0.4) is 0 Å². The number of carbonyl (C=O) groups is 1. The summed E-state index contributed by atoms with van der Waals surface area (Å²) in [5.41, 5.74) is 2.83. The molecule has 0 spiro atoms. The van der Waals surface area contributed by atoms with Gasteiger partial charge in [-0.1, -0.05) is 0 Å².